The maximum absolute atomic E-state index is 5.95. The molecule has 0 bridgehead atoms. The van der Waals surface area contributed by atoms with Crippen LogP contribution >= 0.6 is 24.0 Å². The number of guanidine groups is 1. The Hall–Kier alpha value is -1.91. The molecule has 0 amide bonds. The lowest BCUT2D eigenvalue weighted by molar-refractivity contribution is 0.0529. The summed E-state index contributed by atoms with van der Waals surface area (Å²) in [5.74, 6) is 1.82. The molecule has 1 fully saturated rings. The Labute approximate surface area is 215 Å². The zero-order valence-corrected chi connectivity index (χ0v) is 22.3. The smallest absolute Gasteiger partial charge is 0.191 e. The fraction of sp³-hybridized carbons (Fsp3) is 0.520. The zero-order valence-electron chi connectivity index (χ0n) is 20.0. The second-order valence-corrected chi connectivity index (χ2v) is 8.05. The number of morpholine rings is 1. The van der Waals surface area contributed by atoms with Crippen LogP contribution in [0.25, 0.3) is 0 Å². The van der Waals surface area contributed by atoms with Gasteiger partial charge in [-0.3, -0.25) is 0 Å². The van der Waals surface area contributed by atoms with Gasteiger partial charge in [-0.25, -0.2) is 9.98 Å². The standard InChI is InChI=1S/C25H37N5O2.HI/c1-4-26-25(27-13-8-15-32-21(3)23-9-6-5-7-10-23)29-18-22-11-12-24(28-17-22)30-14-16-31-20(2)19-30;/h5-7,9-12,17,20-21H,4,8,13-16,18-19H2,1-3H3,(H2,26,27,29);1H. The molecule has 2 aromatic rings. The summed E-state index contributed by atoms with van der Waals surface area (Å²) in [5.41, 5.74) is 2.30. The van der Waals surface area contributed by atoms with Crippen LogP contribution in [0.2, 0.25) is 0 Å². The Morgan fingerprint density at radius 2 is 2.06 bits per heavy atom. The number of aromatic nitrogens is 1. The van der Waals surface area contributed by atoms with Crippen molar-refractivity contribution < 1.29 is 9.47 Å². The lowest BCUT2D eigenvalue weighted by Gasteiger charge is -2.32. The van der Waals surface area contributed by atoms with Crippen molar-refractivity contribution in [2.75, 3.05) is 44.3 Å². The number of anilines is 1. The fourth-order valence-electron chi connectivity index (χ4n) is 3.60. The third-order valence-corrected chi connectivity index (χ3v) is 5.39. The number of nitrogens with one attached hydrogen (secondary N) is 2. The molecule has 8 heteroatoms. The maximum Gasteiger partial charge on any atom is 0.191 e. The molecule has 0 spiro atoms. The van der Waals surface area contributed by atoms with Crippen molar-refractivity contribution in [3.63, 3.8) is 0 Å². The normalized spacial score (nSPS) is 17.2. The summed E-state index contributed by atoms with van der Waals surface area (Å²) in [6, 6.07) is 14.5. The van der Waals surface area contributed by atoms with E-state index in [1.165, 1.54) is 5.56 Å². The van der Waals surface area contributed by atoms with Gasteiger partial charge in [0.2, 0.25) is 0 Å². The van der Waals surface area contributed by atoms with Crippen LogP contribution in [0.1, 0.15) is 44.4 Å². The van der Waals surface area contributed by atoms with Crippen LogP contribution in [-0.4, -0.2) is 56.4 Å². The highest BCUT2D eigenvalue weighted by Gasteiger charge is 2.17. The van der Waals surface area contributed by atoms with E-state index in [1.807, 2.05) is 24.4 Å². The summed E-state index contributed by atoms with van der Waals surface area (Å²) in [7, 11) is 0. The third-order valence-electron chi connectivity index (χ3n) is 5.39. The lowest BCUT2D eigenvalue weighted by atomic mass is 10.1. The monoisotopic (exact) mass is 567 g/mol. The largest absolute Gasteiger partial charge is 0.375 e. The minimum Gasteiger partial charge on any atom is -0.375 e. The molecule has 2 heterocycles. The van der Waals surface area contributed by atoms with Crippen LogP contribution in [0.5, 0.6) is 0 Å². The minimum absolute atomic E-state index is 0. The highest BCUT2D eigenvalue weighted by molar-refractivity contribution is 14.0. The SMILES string of the molecule is CCNC(=NCc1ccc(N2CCOC(C)C2)nc1)NCCCOC(C)c1ccccc1.I. The maximum atomic E-state index is 5.95. The highest BCUT2D eigenvalue weighted by atomic mass is 127. The molecule has 0 aliphatic carbocycles. The summed E-state index contributed by atoms with van der Waals surface area (Å²) in [6.07, 6.45) is 3.18. The van der Waals surface area contributed by atoms with Crippen molar-refractivity contribution in [2.45, 2.75) is 45.9 Å². The number of hydrogen-bond donors (Lipinski definition) is 2. The number of nitrogens with zero attached hydrogens (tertiary/aromatic N) is 3. The fourth-order valence-corrected chi connectivity index (χ4v) is 3.60. The molecule has 1 aromatic heterocycles. The van der Waals surface area contributed by atoms with E-state index in [4.69, 9.17) is 14.5 Å². The molecule has 182 valence electrons. The Bertz CT molecular complexity index is 819. The number of halogens is 1. The molecule has 1 aromatic carbocycles. The number of benzene rings is 1. The number of hydrogen-bond acceptors (Lipinski definition) is 5. The summed E-state index contributed by atoms with van der Waals surface area (Å²) >= 11 is 0. The average Bonchev–Trinajstić information content (AvgIpc) is 2.83. The molecule has 0 radical (unpaired) electrons. The lowest BCUT2D eigenvalue weighted by Crippen LogP contribution is -2.41. The van der Waals surface area contributed by atoms with Crippen LogP contribution in [0.4, 0.5) is 5.82 Å². The molecule has 7 nitrogen and oxygen atoms in total. The number of rotatable bonds is 10. The van der Waals surface area contributed by atoms with Gasteiger partial charge < -0.3 is 25.0 Å². The number of ether oxygens (including phenoxy) is 2. The van der Waals surface area contributed by atoms with Crippen LogP contribution in [0, 0.1) is 0 Å². The topological polar surface area (TPSA) is 71.0 Å². The molecule has 1 aliphatic heterocycles. The van der Waals surface area contributed by atoms with Gasteiger partial charge in [0.05, 0.1) is 25.4 Å². The summed E-state index contributed by atoms with van der Waals surface area (Å²) < 4.78 is 11.6. The predicted molar refractivity (Wildman–Crippen MR) is 146 cm³/mol. The number of pyridine rings is 1. The predicted octanol–water partition coefficient (Wildman–Crippen LogP) is 4.15. The van der Waals surface area contributed by atoms with Gasteiger partial charge in [-0.05, 0) is 44.4 Å². The molecular weight excluding hydrogens is 529 g/mol. The second-order valence-electron chi connectivity index (χ2n) is 8.05. The Morgan fingerprint density at radius 1 is 1.24 bits per heavy atom. The first-order chi connectivity index (χ1) is 15.7. The molecule has 2 atom stereocenters. The Morgan fingerprint density at radius 3 is 2.76 bits per heavy atom. The van der Waals surface area contributed by atoms with E-state index in [-0.39, 0.29) is 36.2 Å². The number of aliphatic imine (C=N–C) groups is 1. The highest BCUT2D eigenvalue weighted by Crippen LogP contribution is 2.16. The Balaban J connectivity index is 0.00000385. The molecule has 3 rings (SSSR count). The van der Waals surface area contributed by atoms with Gasteiger partial charge >= 0.3 is 0 Å². The summed E-state index contributed by atoms with van der Waals surface area (Å²) in [4.78, 5) is 11.6. The van der Waals surface area contributed by atoms with Gasteiger partial charge in [0, 0.05) is 39.0 Å². The van der Waals surface area contributed by atoms with Crippen molar-refractivity contribution in [3.8, 4) is 0 Å². The minimum atomic E-state index is 0. The van der Waals surface area contributed by atoms with Crippen molar-refractivity contribution >= 4 is 35.8 Å². The van der Waals surface area contributed by atoms with Crippen molar-refractivity contribution in [1.82, 2.24) is 15.6 Å². The zero-order chi connectivity index (χ0) is 22.6. The van der Waals surface area contributed by atoms with Gasteiger partial charge in [-0.1, -0.05) is 36.4 Å². The molecule has 2 unspecified atom stereocenters. The van der Waals surface area contributed by atoms with Gasteiger partial charge in [-0.2, -0.15) is 0 Å². The first kappa shape index (κ1) is 27.3. The van der Waals surface area contributed by atoms with Crippen molar-refractivity contribution in [1.29, 1.82) is 0 Å². The van der Waals surface area contributed by atoms with Crippen molar-refractivity contribution in [3.05, 3.63) is 59.8 Å². The van der Waals surface area contributed by atoms with Crippen molar-refractivity contribution in [2.24, 2.45) is 4.99 Å². The quantitative estimate of drug-likeness (QED) is 0.195. The van der Waals surface area contributed by atoms with E-state index in [0.717, 1.165) is 56.5 Å². The summed E-state index contributed by atoms with van der Waals surface area (Å²) in [5, 5.41) is 6.69. The third kappa shape index (κ3) is 9.46. The van der Waals surface area contributed by atoms with Gasteiger partial charge in [-0.15, -0.1) is 24.0 Å². The van der Waals surface area contributed by atoms with E-state index in [9.17, 15) is 0 Å². The van der Waals surface area contributed by atoms with Crippen LogP contribution < -0.4 is 15.5 Å². The van der Waals surface area contributed by atoms with Crippen LogP contribution in [-0.2, 0) is 16.0 Å². The van der Waals surface area contributed by atoms with E-state index in [2.05, 4.69) is 65.6 Å². The molecule has 1 saturated heterocycles. The first-order valence-electron chi connectivity index (χ1n) is 11.7. The molecule has 2 N–H and O–H groups in total. The summed E-state index contributed by atoms with van der Waals surface area (Å²) in [6.45, 7) is 11.7. The molecular formula is C25H38IN5O2. The van der Waals surface area contributed by atoms with E-state index in [1.54, 1.807) is 0 Å². The second kappa shape index (κ2) is 15.1. The molecule has 0 saturated carbocycles. The van der Waals surface area contributed by atoms with Gasteiger partial charge in [0.25, 0.3) is 0 Å². The average molecular weight is 568 g/mol. The van der Waals surface area contributed by atoms with Gasteiger partial charge in [0.1, 0.15) is 5.82 Å². The molecule has 1 aliphatic rings. The van der Waals surface area contributed by atoms with Gasteiger partial charge in [0.15, 0.2) is 5.96 Å². The Kier molecular flexibility index (Phi) is 12.5. The van der Waals surface area contributed by atoms with Crippen LogP contribution in [0.15, 0.2) is 53.7 Å². The van der Waals surface area contributed by atoms with Crippen LogP contribution in [0.3, 0.4) is 0 Å². The van der Waals surface area contributed by atoms with E-state index < -0.39 is 0 Å². The van der Waals surface area contributed by atoms with E-state index in [0.29, 0.717) is 13.2 Å². The van der Waals surface area contributed by atoms with E-state index >= 15 is 0 Å². The molecule has 33 heavy (non-hydrogen) atoms. The first-order valence-corrected chi connectivity index (χ1v) is 11.7.